The van der Waals surface area contributed by atoms with Crippen LogP contribution in [-0.2, 0) is 81.5 Å². The number of nitrogens with zero attached hydrogens (tertiary/aromatic N) is 7. The van der Waals surface area contributed by atoms with Crippen molar-refractivity contribution in [3.63, 3.8) is 0 Å². The Morgan fingerprint density at radius 3 is 0.798 bits per heavy atom. The molecule has 37 heteroatoms. The van der Waals surface area contributed by atoms with E-state index in [1.807, 2.05) is 0 Å². The molecule has 37 nitrogen and oxygen atoms in total. The van der Waals surface area contributed by atoms with E-state index in [2.05, 4.69) is 16.0 Å². The Balaban J connectivity index is 0.000000417. The first-order valence-electron chi connectivity index (χ1n) is 32.6. The lowest BCUT2D eigenvalue weighted by molar-refractivity contribution is -0.140. The summed E-state index contributed by atoms with van der Waals surface area (Å²) >= 11 is 0. The van der Waals surface area contributed by atoms with Gasteiger partial charge in [0.2, 0.25) is 17.7 Å². The van der Waals surface area contributed by atoms with E-state index in [4.69, 9.17) is 51.1 Å². The molecule has 0 saturated heterocycles. The molecule has 0 aromatic rings. The van der Waals surface area contributed by atoms with Crippen LogP contribution in [0.2, 0.25) is 0 Å². The summed E-state index contributed by atoms with van der Waals surface area (Å²) in [5, 5.41) is 95.7. The SMILES string of the molecule is CC(CO)(CO)NC(=O)CCN1C(=O)C=CC1=O.CC1=C(C)C(=O)N(CCC(=O)NC(C)(CO)CO)C1=O.CC1=C(C)C(=O)N(CCO)C1=O.CC1=CC(=O)N(CCC(=O)NC(C)(CO)CO)C1=O.CC1=CC(=O)N(CCO)C1=O.O=C1C2=C(CCCC2)C(=O)N1CCO.O=C1C=CC(=O)N1CCO. The number of hydrogen-bond donors (Lipinski definition) is 13. The van der Waals surface area contributed by atoms with Crippen LogP contribution in [-0.4, -0.2) is 314 Å². The van der Waals surface area contributed by atoms with Gasteiger partial charge in [0, 0.05) is 120 Å². The largest absolute Gasteiger partial charge is 0.395 e. The van der Waals surface area contributed by atoms with E-state index in [0.717, 1.165) is 72.1 Å². The number of aliphatic hydroxyl groups excluding tert-OH is 10. The number of carbonyl (C=O) groups is 17. The van der Waals surface area contributed by atoms with Gasteiger partial charge in [-0.3, -0.25) is 116 Å². The molecule has 0 atom stereocenters. The van der Waals surface area contributed by atoms with Crippen molar-refractivity contribution in [3.8, 4) is 0 Å². The van der Waals surface area contributed by atoms with Crippen molar-refractivity contribution in [2.24, 2.45) is 0 Å². The van der Waals surface area contributed by atoms with Crippen molar-refractivity contribution in [2.75, 3.05) is 112 Å². The Morgan fingerprint density at radius 2 is 0.538 bits per heavy atom. The van der Waals surface area contributed by atoms with Crippen LogP contribution in [0.1, 0.15) is 107 Å². The molecule has 104 heavy (non-hydrogen) atoms. The summed E-state index contributed by atoms with van der Waals surface area (Å²) < 4.78 is 0. The average molecular weight is 1470 g/mol. The maximum Gasteiger partial charge on any atom is 0.257 e. The number of aliphatic hydroxyl groups is 10. The molecule has 0 fully saturated rings. The van der Waals surface area contributed by atoms with Crippen molar-refractivity contribution in [1.29, 1.82) is 0 Å². The number of imide groups is 7. The summed E-state index contributed by atoms with van der Waals surface area (Å²) in [6.07, 6.45) is 10.4. The Hall–Kier alpha value is -9.83. The standard InChI is InChI=1S/C13H20N2O5.C12H18N2O5.C11H16N2O5.C10H13NO3.C8H11NO3.C7H9NO3.C6H7NO3/c1-8-9(2)12(20)15(11(8)19)5-4-10(18)14-13(3,6-16)7-17;1-8-5-10(18)14(11(8)19)4-3-9(17)13-12(2,6-15)7-16;1-11(6-14,7-15)12-8(16)4-5-13-9(17)2-3-10(13)18;12-6-5-11-9(13)7-3-1-2-4-8(7)10(11)14;1-5-6(2)8(12)9(3-4-10)7(5)11;1-5-4-6(10)8(2-3-9)7(5)11;8-4-3-7-5(9)1-2-6(7)10/h16-17H,4-7H2,1-3H3,(H,14,18);5,15-16H,3-4,6-7H2,1-2H3,(H,13,17);2-3,14-15H,4-7H2,1H3,(H,12,16);12H,1-6H2;10H,3-4H2,1-2H3;4,9H,2-3H2,1H3;1-2,8H,3-4H2. The van der Waals surface area contributed by atoms with E-state index >= 15 is 0 Å². The lowest BCUT2D eigenvalue weighted by atomic mass is 9.93. The van der Waals surface area contributed by atoms with Gasteiger partial charge in [-0.1, -0.05) is 0 Å². The zero-order valence-corrected chi connectivity index (χ0v) is 59.5. The fraction of sp³-hybridized carbons (Fsp3) is 0.537. The molecule has 7 aliphatic heterocycles. The van der Waals surface area contributed by atoms with Crippen molar-refractivity contribution in [1.82, 2.24) is 50.2 Å². The molecule has 0 bridgehead atoms. The average Bonchev–Trinajstić information content (AvgIpc) is 1.66. The van der Waals surface area contributed by atoms with Crippen molar-refractivity contribution in [3.05, 3.63) is 81.0 Å². The van der Waals surface area contributed by atoms with E-state index in [1.165, 1.54) is 52.0 Å². The van der Waals surface area contributed by atoms with Crippen LogP contribution in [0, 0.1) is 0 Å². The molecule has 0 unspecified atom stereocenters. The van der Waals surface area contributed by atoms with Gasteiger partial charge in [-0.05, 0) is 88.0 Å². The van der Waals surface area contributed by atoms with E-state index in [1.54, 1.807) is 34.6 Å². The second kappa shape index (κ2) is 42.1. The topological polar surface area (TPSA) is 551 Å². The number of β-amino-alcohol motifs (C(OH)–C–C–N with tert-alkyl or cyclic N) is 4. The van der Waals surface area contributed by atoms with Gasteiger partial charge < -0.3 is 67.0 Å². The minimum atomic E-state index is -1.11. The normalized spacial score (nSPS) is 17.2. The summed E-state index contributed by atoms with van der Waals surface area (Å²) in [5.74, 6) is -6.09. The summed E-state index contributed by atoms with van der Waals surface area (Å²) in [5.41, 5.74) is 0.589. The Morgan fingerprint density at radius 1 is 0.317 bits per heavy atom. The van der Waals surface area contributed by atoms with E-state index in [-0.39, 0.29) is 151 Å². The second-order valence-electron chi connectivity index (χ2n) is 24.9. The monoisotopic (exact) mass is 1470 g/mol. The number of amides is 17. The number of rotatable bonds is 26. The lowest BCUT2D eigenvalue weighted by Crippen LogP contribution is -2.52. The molecular formula is C67H94N10O27. The molecule has 13 N–H and O–H groups in total. The van der Waals surface area contributed by atoms with E-state index in [9.17, 15) is 81.5 Å². The van der Waals surface area contributed by atoms with Crippen LogP contribution < -0.4 is 16.0 Å². The number of nitrogens with one attached hydrogen (secondary N) is 3. The molecule has 8 rings (SSSR count). The van der Waals surface area contributed by atoms with Crippen LogP contribution in [0.3, 0.4) is 0 Å². The third-order valence-corrected chi connectivity index (χ3v) is 16.4. The van der Waals surface area contributed by atoms with Gasteiger partial charge in [0.05, 0.1) is 109 Å². The molecule has 1 aliphatic carbocycles. The summed E-state index contributed by atoms with van der Waals surface area (Å²) in [4.78, 5) is 200. The van der Waals surface area contributed by atoms with Gasteiger partial charge in [-0.15, -0.1) is 0 Å². The first-order chi connectivity index (χ1) is 48.8. The summed E-state index contributed by atoms with van der Waals surface area (Å²) in [7, 11) is 0. The van der Waals surface area contributed by atoms with Crippen LogP contribution in [0.5, 0.6) is 0 Å². The Bertz CT molecular complexity index is 3440. The fourth-order valence-electron chi connectivity index (χ4n) is 9.67. The molecule has 17 amide bonds. The van der Waals surface area contributed by atoms with Crippen LogP contribution in [0.15, 0.2) is 81.0 Å². The second-order valence-corrected chi connectivity index (χ2v) is 24.9. The van der Waals surface area contributed by atoms with Crippen LogP contribution in [0.25, 0.3) is 0 Å². The zero-order valence-electron chi connectivity index (χ0n) is 59.5. The minimum Gasteiger partial charge on any atom is -0.395 e. The zero-order chi connectivity index (χ0) is 79.3. The van der Waals surface area contributed by atoms with Gasteiger partial charge in [0.25, 0.3) is 82.7 Å². The third kappa shape index (κ3) is 25.0. The molecule has 574 valence electrons. The highest BCUT2D eigenvalue weighted by molar-refractivity contribution is 6.21. The van der Waals surface area contributed by atoms with E-state index in [0.29, 0.717) is 44.6 Å². The van der Waals surface area contributed by atoms with Gasteiger partial charge in [-0.25, -0.2) is 0 Å². The van der Waals surface area contributed by atoms with Gasteiger partial charge >= 0.3 is 0 Å². The fourth-order valence-corrected chi connectivity index (χ4v) is 9.67. The predicted molar refractivity (Wildman–Crippen MR) is 359 cm³/mol. The van der Waals surface area contributed by atoms with Gasteiger partial charge in [0.15, 0.2) is 0 Å². The first-order valence-corrected chi connectivity index (χ1v) is 32.6. The van der Waals surface area contributed by atoms with Crippen molar-refractivity contribution >= 4 is 100 Å². The number of hydrogen-bond acceptors (Lipinski definition) is 27. The molecule has 0 saturated carbocycles. The lowest BCUT2D eigenvalue weighted by Gasteiger charge is -2.26. The smallest absolute Gasteiger partial charge is 0.257 e. The highest BCUT2D eigenvalue weighted by Crippen LogP contribution is 2.33. The molecule has 0 aromatic carbocycles. The quantitative estimate of drug-likeness (QED) is 0.0358. The highest BCUT2D eigenvalue weighted by Gasteiger charge is 2.40. The molecule has 8 aliphatic rings. The summed E-state index contributed by atoms with van der Waals surface area (Å²) in [6, 6.07) is 0. The predicted octanol–water partition coefficient (Wildman–Crippen LogP) is -6.25. The van der Waals surface area contributed by atoms with Crippen molar-refractivity contribution in [2.45, 2.75) is 124 Å². The summed E-state index contributed by atoms with van der Waals surface area (Å²) in [6.45, 7) is 11.2. The molecule has 7 heterocycles. The first kappa shape index (κ1) is 90.3. The number of carbonyl (C=O) groups excluding carboxylic acids is 17. The minimum absolute atomic E-state index is 0.0227. The Kier molecular flexibility index (Phi) is 36.5. The van der Waals surface area contributed by atoms with Crippen LogP contribution in [0.4, 0.5) is 0 Å². The molecule has 0 spiro atoms. The maximum atomic E-state index is 11.8. The molecule has 0 radical (unpaired) electrons. The van der Waals surface area contributed by atoms with Gasteiger partial charge in [-0.2, -0.15) is 0 Å². The van der Waals surface area contributed by atoms with Gasteiger partial charge in [0.1, 0.15) is 0 Å². The van der Waals surface area contributed by atoms with Crippen LogP contribution >= 0.6 is 0 Å². The van der Waals surface area contributed by atoms with Crippen molar-refractivity contribution < 1.29 is 133 Å². The molecular weight excluding hydrogens is 1380 g/mol. The Labute approximate surface area is 598 Å². The maximum absolute atomic E-state index is 11.8. The molecule has 0 aromatic heterocycles. The van der Waals surface area contributed by atoms with E-state index < -0.39 is 97.6 Å². The highest BCUT2D eigenvalue weighted by atomic mass is 16.3. The third-order valence-electron chi connectivity index (χ3n) is 16.4.